The molecule has 2 aromatic rings. The lowest BCUT2D eigenvalue weighted by atomic mass is 10.2. The first-order chi connectivity index (χ1) is 8.43. The van der Waals surface area contributed by atoms with E-state index in [2.05, 4.69) is 22.4 Å². The van der Waals surface area contributed by atoms with Gasteiger partial charge in [0.2, 0.25) is 6.79 Å². The van der Waals surface area contributed by atoms with Crippen LogP contribution in [0.1, 0.15) is 11.3 Å². The monoisotopic (exact) mass is 230 g/mol. The Balaban J connectivity index is 1.64. The summed E-state index contributed by atoms with van der Waals surface area (Å²) in [4.78, 5) is 3.16. The van der Waals surface area contributed by atoms with Gasteiger partial charge in [0.25, 0.3) is 0 Å². The van der Waals surface area contributed by atoms with Gasteiger partial charge in [0.05, 0.1) is 0 Å². The van der Waals surface area contributed by atoms with Crippen LogP contribution in [0.2, 0.25) is 0 Å². The molecule has 0 aliphatic carbocycles. The van der Waals surface area contributed by atoms with Crippen LogP contribution in [-0.2, 0) is 13.1 Å². The molecule has 3 rings (SSSR count). The number of aromatic nitrogens is 1. The second-order valence-corrected chi connectivity index (χ2v) is 3.95. The SMILES string of the molecule is c1c[nH]c(CNCc2cccc3c2OCO3)c1. The maximum Gasteiger partial charge on any atom is 0.231 e. The van der Waals surface area contributed by atoms with Gasteiger partial charge in [0, 0.05) is 30.5 Å². The molecule has 1 aliphatic rings. The number of fused-ring (bicyclic) bond motifs is 1. The van der Waals surface area contributed by atoms with Gasteiger partial charge in [-0.3, -0.25) is 0 Å². The number of aromatic amines is 1. The summed E-state index contributed by atoms with van der Waals surface area (Å²) in [5, 5.41) is 3.37. The summed E-state index contributed by atoms with van der Waals surface area (Å²) >= 11 is 0. The first-order valence-electron chi connectivity index (χ1n) is 5.64. The van der Waals surface area contributed by atoms with E-state index in [9.17, 15) is 0 Å². The molecule has 4 nitrogen and oxygen atoms in total. The summed E-state index contributed by atoms with van der Waals surface area (Å²) in [5.41, 5.74) is 2.31. The van der Waals surface area contributed by atoms with E-state index in [1.807, 2.05) is 24.4 Å². The smallest absolute Gasteiger partial charge is 0.231 e. The molecule has 88 valence electrons. The largest absolute Gasteiger partial charge is 0.454 e. The number of hydrogen-bond acceptors (Lipinski definition) is 3. The van der Waals surface area contributed by atoms with E-state index in [4.69, 9.17) is 9.47 Å². The fourth-order valence-corrected chi connectivity index (χ4v) is 1.94. The Bertz CT molecular complexity index is 494. The average molecular weight is 230 g/mol. The molecule has 4 heteroatoms. The number of ether oxygens (including phenoxy) is 2. The highest BCUT2D eigenvalue weighted by atomic mass is 16.7. The van der Waals surface area contributed by atoms with Gasteiger partial charge in [-0.05, 0) is 18.2 Å². The van der Waals surface area contributed by atoms with Gasteiger partial charge in [-0.2, -0.15) is 0 Å². The van der Waals surface area contributed by atoms with Crippen LogP contribution < -0.4 is 14.8 Å². The lowest BCUT2D eigenvalue weighted by Gasteiger charge is -2.06. The first-order valence-corrected chi connectivity index (χ1v) is 5.64. The van der Waals surface area contributed by atoms with Gasteiger partial charge in [0.15, 0.2) is 11.5 Å². The predicted molar refractivity (Wildman–Crippen MR) is 63.9 cm³/mol. The van der Waals surface area contributed by atoms with Gasteiger partial charge in [-0.15, -0.1) is 0 Å². The van der Waals surface area contributed by atoms with Crippen LogP contribution in [0, 0.1) is 0 Å². The van der Waals surface area contributed by atoms with Gasteiger partial charge in [0.1, 0.15) is 0 Å². The highest BCUT2D eigenvalue weighted by molar-refractivity contribution is 5.48. The quantitative estimate of drug-likeness (QED) is 0.844. The number of benzene rings is 1. The van der Waals surface area contributed by atoms with E-state index in [1.165, 1.54) is 5.69 Å². The number of hydrogen-bond donors (Lipinski definition) is 2. The van der Waals surface area contributed by atoms with Crippen molar-refractivity contribution in [1.82, 2.24) is 10.3 Å². The molecule has 0 spiro atoms. The summed E-state index contributed by atoms with van der Waals surface area (Å²) in [5.74, 6) is 1.70. The molecule has 1 aliphatic heterocycles. The molecule has 0 unspecified atom stereocenters. The highest BCUT2D eigenvalue weighted by Crippen LogP contribution is 2.35. The van der Waals surface area contributed by atoms with Crippen LogP contribution in [0.5, 0.6) is 11.5 Å². The van der Waals surface area contributed by atoms with E-state index < -0.39 is 0 Å². The zero-order valence-electron chi connectivity index (χ0n) is 9.40. The fraction of sp³-hybridized carbons (Fsp3) is 0.231. The predicted octanol–water partition coefficient (Wildman–Crippen LogP) is 2.03. The Morgan fingerprint density at radius 2 is 2.12 bits per heavy atom. The molecule has 1 aromatic heterocycles. The number of para-hydroxylation sites is 1. The van der Waals surface area contributed by atoms with Crippen molar-refractivity contribution in [2.75, 3.05) is 6.79 Å². The topological polar surface area (TPSA) is 46.3 Å². The second kappa shape index (κ2) is 4.51. The number of nitrogens with one attached hydrogen (secondary N) is 2. The minimum absolute atomic E-state index is 0.322. The number of H-pyrrole nitrogens is 1. The van der Waals surface area contributed by atoms with Crippen LogP contribution in [0.3, 0.4) is 0 Å². The molecule has 2 heterocycles. The third kappa shape index (κ3) is 2.12. The molecule has 0 fully saturated rings. The Labute approximate surface area is 99.6 Å². The Hall–Kier alpha value is -1.94. The molecule has 1 aromatic carbocycles. The zero-order chi connectivity index (χ0) is 11.5. The molecule has 0 saturated heterocycles. The van der Waals surface area contributed by atoms with Gasteiger partial charge < -0.3 is 19.8 Å². The van der Waals surface area contributed by atoms with Crippen molar-refractivity contribution in [2.24, 2.45) is 0 Å². The summed E-state index contributed by atoms with van der Waals surface area (Å²) in [6.45, 7) is 1.91. The van der Waals surface area contributed by atoms with Gasteiger partial charge in [-0.1, -0.05) is 12.1 Å². The van der Waals surface area contributed by atoms with E-state index in [-0.39, 0.29) is 0 Å². The normalized spacial score (nSPS) is 12.9. The van der Waals surface area contributed by atoms with Crippen LogP contribution in [0.25, 0.3) is 0 Å². The molecule has 0 atom stereocenters. The standard InChI is InChI=1S/C13H14N2O2/c1-3-10(13-12(5-1)16-9-17-13)7-14-8-11-4-2-6-15-11/h1-6,14-15H,7-9H2. The van der Waals surface area contributed by atoms with E-state index in [0.29, 0.717) is 6.79 Å². The lowest BCUT2D eigenvalue weighted by Crippen LogP contribution is -2.13. The Kier molecular flexibility index (Phi) is 2.71. The molecule has 0 bridgehead atoms. The third-order valence-electron chi connectivity index (χ3n) is 2.77. The van der Waals surface area contributed by atoms with Gasteiger partial charge in [-0.25, -0.2) is 0 Å². The van der Waals surface area contributed by atoms with E-state index >= 15 is 0 Å². The first kappa shape index (κ1) is 10.2. The minimum Gasteiger partial charge on any atom is -0.454 e. The zero-order valence-corrected chi connectivity index (χ0v) is 9.40. The highest BCUT2D eigenvalue weighted by Gasteiger charge is 2.16. The molecule has 0 amide bonds. The van der Waals surface area contributed by atoms with E-state index in [0.717, 1.165) is 30.2 Å². The maximum atomic E-state index is 5.45. The summed E-state index contributed by atoms with van der Waals surface area (Å²) < 4.78 is 10.8. The van der Waals surface area contributed by atoms with Crippen molar-refractivity contribution in [3.8, 4) is 11.5 Å². The Morgan fingerprint density at radius 1 is 1.12 bits per heavy atom. The molecule has 0 radical (unpaired) electrons. The van der Waals surface area contributed by atoms with Crippen LogP contribution in [-0.4, -0.2) is 11.8 Å². The minimum atomic E-state index is 0.322. The maximum absolute atomic E-state index is 5.45. The van der Waals surface area contributed by atoms with E-state index in [1.54, 1.807) is 0 Å². The molecule has 2 N–H and O–H groups in total. The van der Waals surface area contributed by atoms with Crippen molar-refractivity contribution < 1.29 is 9.47 Å². The molecule has 17 heavy (non-hydrogen) atoms. The Morgan fingerprint density at radius 3 is 3.00 bits per heavy atom. The summed E-state index contributed by atoms with van der Waals surface area (Å²) in [6, 6.07) is 10.0. The van der Waals surface area contributed by atoms with Crippen molar-refractivity contribution in [1.29, 1.82) is 0 Å². The lowest BCUT2D eigenvalue weighted by molar-refractivity contribution is 0.173. The molecule has 0 saturated carbocycles. The van der Waals surface area contributed by atoms with Crippen molar-refractivity contribution in [3.63, 3.8) is 0 Å². The van der Waals surface area contributed by atoms with Crippen LogP contribution in [0.4, 0.5) is 0 Å². The summed E-state index contributed by atoms with van der Waals surface area (Å²) in [7, 11) is 0. The average Bonchev–Trinajstić information content (AvgIpc) is 2.99. The fourth-order valence-electron chi connectivity index (χ4n) is 1.94. The van der Waals surface area contributed by atoms with Crippen molar-refractivity contribution >= 4 is 0 Å². The van der Waals surface area contributed by atoms with Crippen molar-refractivity contribution in [2.45, 2.75) is 13.1 Å². The summed E-state index contributed by atoms with van der Waals surface area (Å²) in [6.07, 6.45) is 1.92. The third-order valence-corrected chi connectivity index (χ3v) is 2.77. The van der Waals surface area contributed by atoms with Crippen molar-refractivity contribution in [3.05, 3.63) is 47.8 Å². The second-order valence-electron chi connectivity index (χ2n) is 3.95. The molecular formula is C13H14N2O2. The molecular weight excluding hydrogens is 216 g/mol. The number of rotatable bonds is 4. The van der Waals surface area contributed by atoms with Gasteiger partial charge >= 0.3 is 0 Å². The van der Waals surface area contributed by atoms with Crippen LogP contribution in [0.15, 0.2) is 36.5 Å². The van der Waals surface area contributed by atoms with Crippen LogP contribution >= 0.6 is 0 Å².